The summed E-state index contributed by atoms with van der Waals surface area (Å²) in [5, 5.41) is 0. The summed E-state index contributed by atoms with van der Waals surface area (Å²) in [5.41, 5.74) is 18.7. The van der Waals surface area contributed by atoms with Crippen LogP contribution in [0.3, 0.4) is 0 Å². The lowest BCUT2D eigenvalue weighted by Crippen LogP contribution is -2.23. The Bertz CT molecular complexity index is 2940. The van der Waals surface area contributed by atoms with E-state index < -0.39 is 0 Å². The first-order valence-electron chi connectivity index (χ1n) is 23.3. The predicted molar refractivity (Wildman–Crippen MR) is 267 cm³/mol. The van der Waals surface area contributed by atoms with E-state index in [1.165, 1.54) is 56.5 Å². The number of ether oxygens (including phenoxy) is 1. The summed E-state index contributed by atoms with van der Waals surface area (Å²) in [6, 6.07) is 59.9. The standard InChI is InChI=1S/C62H51NO/c1-41(42-15-6-2-7-16-42)59(48-21-12-5-13-22-48)56-38-37-54-57-39-49(57)40-58-55-24-14-23-53(61(55)64-62(56)60(54)58)47-29-35-52(36-30-47)63(50-31-25-45(26-32-50)43-17-8-3-9-18-43)51-33-27-46(28-34-51)44-19-10-4-11-20-44/h2-6,8-15,17-21,23-38,40-41,48-49,57,59H,7,16,22,39H2,1H3/t41?,48?,49?,57-,59?/m0/s1. The molecule has 2 nitrogen and oxygen atoms in total. The first kappa shape index (κ1) is 38.5. The van der Waals surface area contributed by atoms with Gasteiger partial charge in [-0.3, -0.25) is 0 Å². The highest BCUT2D eigenvalue weighted by atomic mass is 16.5. The predicted octanol–water partition coefficient (Wildman–Crippen LogP) is 16.9. The maximum absolute atomic E-state index is 7.50. The lowest BCUT2D eigenvalue weighted by Gasteiger charge is -2.37. The number of hydrogen-bond acceptors (Lipinski definition) is 2. The molecule has 5 aliphatic rings. The fourth-order valence-electron chi connectivity index (χ4n) is 11.1. The molecule has 7 aromatic rings. The zero-order valence-corrected chi connectivity index (χ0v) is 36.3. The minimum atomic E-state index is 0.292. The van der Waals surface area contributed by atoms with Crippen LogP contribution in [0, 0.1) is 17.8 Å². The van der Waals surface area contributed by atoms with E-state index in [1.54, 1.807) is 5.57 Å². The molecule has 1 heterocycles. The van der Waals surface area contributed by atoms with Crippen molar-refractivity contribution in [2.75, 3.05) is 4.90 Å². The summed E-state index contributed by atoms with van der Waals surface area (Å²) in [4.78, 5) is 2.36. The lowest BCUT2D eigenvalue weighted by atomic mass is 9.69. The Balaban J connectivity index is 0.936. The molecule has 4 aliphatic carbocycles. The lowest BCUT2D eigenvalue weighted by molar-refractivity contribution is 0.383. The molecule has 7 aromatic carbocycles. The quantitative estimate of drug-likeness (QED) is 0.136. The molecule has 0 spiro atoms. The summed E-state index contributed by atoms with van der Waals surface area (Å²) in [5.74, 6) is 4.32. The molecule has 0 aromatic heterocycles. The van der Waals surface area contributed by atoms with Gasteiger partial charge < -0.3 is 9.64 Å². The summed E-state index contributed by atoms with van der Waals surface area (Å²) in [7, 11) is 0. The number of anilines is 3. The molecule has 0 radical (unpaired) electrons. The third-order valence-corrected chi connectivity index (χ3v) is 14.5. The number of nitrogens with zero attached hydrogens (tertiary/aromatic N) is 1. The smallest absolute Gasteiger partial charge is 0.143 e. The average Bonchev–Trinajstić information content (AvgIpc) is 4.16. The van der Waals surface area contributed by atoms with E-state index in [2.05, 4.69) is 224 Å². The molecule has 64 heavy (non-hydrogen) atoms. The third kappa shape index (κ3) is 6.90. The van der Waals surface area contributed by atoms with Gasteiger partial charge in [-0.25, -0.2) is 0 Å². The number of rotatable bonds is 10. The molecule has 5 atom stereocenters. The van der Waals surface area contributed by atoms with Crippen LogP contribution in [0.15, 0.2) is 218 Å². The summed E-state index contributed by atoms with van der Waals surface area (Å²) in [6.45, 7) is 2.46. The van der Waals surface area contributed by atoms with Crippen LogP contribution in [0.4, 0.5) is 17.1 Å². The summed E-state index contributed by atoms with van der Waals surface area (Å²) >= 11 is 0. The van der Waals surface area contributed by atoms with Gasteiger partial charge in [0, 0.05) is 39.7 Å². The van der Waals surface area contributed by atoms with Crippen molar-refractivity contribution in [1.29, 1.82) is 0 Å². The molecule has 0 bridgehead atoms. The third-order valence-electron chi connectivity index (χ3n) is 14.5. The number of allylic oxidation sites excluding steroid dienone is 9. The van der Waals surface area contributed by atoms with Crippen molar-refractivity contribution in [1.82, 2.24) is 0 Å². The Morgan fingerprint density at radius 1 is 0.562 bits per heavy atom. The Labute approximate surface area is 377 Å². The molecule has 0 amide bonds. The second-order valence-corrected chi connectivity index (χ2v) is 18.3. The van der Waals surface area contributed by atoms with Gasteiger partial charge in [0.2, 0.25) is 0 Å². The SMILES string of the molecule is CC(C1=CC=CCC1)C(c1ccc2c3c1Oc1c(cccc1-c1ccc(N(c4ccc(-c5ccccc5)cc4)c4ccc(-c5ccccc5)cc4)cc1)C3=CC1C[C@H]21)C1C=CC=CC1. The van der Waals surface area contributed by atoms with E-state index in [0.717, 1.165) is 59.0 Å². The fraction of sp³-hybridized carbons (Fsp3) is 0.161. The van der Waals surface area contributed by atoms with E-state index >= 15 is 0 Å². The van der Waals surface area contributed by atoms with Crippen LogP contribution in [-0.2, 0) is 0 Å². The first-order valence-corrected chi connectivity index (χ1v) is 23.3. The summed E-state index contributed by atoms with van der Waals surface area (Å²) in [6.07, 6.45) is 23.3. The van der Waals surface area contributed by atoms with Crippen LogP contribution in [-0.4, -0.2) is 0 Å². The van der Waals surface area contributed by atoms with Crippen molar-refractivity contribution >= 4 is 22.6 Å². The molecule has 1 saturated carbocycles. The van der Waals surface area contributed by atoms with Crippen LogP contribution in [0.25, 0.3) is 39.0 Å². The van der Waals surface area contributed by atoms with Gasteiger partial charge in [0.1, 0.15) is 11.5 Å². The Hall–Kier alpha value is -7.16. The highest BCUT2D eigenvalue weighted by Gasteiger charge is 2.46. The van der Waals surface area contributed by atoms with E-state index in [4.69, 9.17) is 4.74 Å². The largest absolute Gasteiger partial charge is 0.455 e. The highest BCUT2D eigenvalue weighted by molar-refractivity contribution is 5.96. The van der Waals surface area contributed by atoms with Gasteiger partial charge in [0.05, 0.1) is 0 Å². The van der Waals surface area contributed by atoms with Gasteiger partial charge in [-0.2, -0.15) is 0 Å². The van der Waals surface area contributed by atoms with Gasteiger partial charge in [-0.05, 0) is 130 Å². The van der Waals surface area contributed by atoms with Crippen LogP contribution < -0.4 is 9.64 Å². The number of fused-ring (bicyclic) bond motifs is 4. The molecule has 0 saturated heterocycles. The first-order chi connectivity index (χ1) is 31.7. The Morgan fingerprint density at radius 3 is 1.80 bits per heavy atom. The fourth-order valence-corrected chi connectivity index (χ4v) is 11.1. The van der Waals surface area contributed by atoms with Crippen molar-refractivity contribution < 1.29 is 4.74 Å². The van der Waals surface area contributed by atoms with Crippen LogP contribution in [0.5, 0.6) is 11.5 Å². The second kappa shape index (κ2) is 16.2. The van der Waals surface area contributed by atoms with Gasteiger partial charge in [0.15, 0.2) is 0 Å². The van der Waals surface area contributed by atoms with Crippen molar-refractivity contribution in [3.05, 3.63) is 240 Å². The molecule has 0 N–H and O–H groups in total. The minimum Gasteiger partial charge on any atom is -0.455 e. The number of benzene rings is 7. The number of hydrogen-bond donors (Lipinski definition) is 0. The van der Waals surface area contributed by atoms with Crippen molar-refractivity contribution in [2.45, 2.75) is 44.4 Å². The van der Waals surface area contributed by atoms with Crippen LogP contribution >= 0.6 is 0 Å². The maximum atomic E-state index is 7.50. The topological polar surface area (TPSA) is 12.5 Å². The maximum Gasteiger partial charge on any atom is 0.143 e. The molecule has 310 valence electrons. The van der Waals surface area contributed by atoms with Gasteiger partial charge in [-0.15, -0.1) is 0 Å². The van der Waals surface area contributed by atoms with Crippen molar-refractivity contribution in [3.8, 4) is 44.9 Å². The molecular formula is C62H51NO. The Kier molecular flexibility index (Phi) is 9.74. The minimum absolute atomic E-state index is 0.292. The molecule has 12 rings (SSSR count). The van der Waals surface area contributed by atoms with Crippen molar-refractivity contribution in [3.63, 3.8) is 0 Å². The van der Waals surface area contributed by atoms with Gasteiger partial charge in [-0.1, -0.05) is 188 Å². The normalized spacial score (nSPS) is 19.5. The van der Waals surface area contributed by atoms with Crippen LogP contribution in [0.2, 0.25) is 0 Å². The molecular weight excluding hydrogens is 775 g/mol. The van der Waals surface area contributed by atoms with E-state index in [0.29, 0.717) is 29.6 Å². The van der Waals surface area contributed by atoms with Crippen LogP contribution in [0.1, 0.15) is 66.7 Å². The Morgan fingerprint density at radius 2 is 1.19 bits per heavy atom. The van der Waals surface area contributed by atoms with E-state index in [-0.39, 0.29) is 0 Å². The summed E-state index contributed by atoms with van der Waals surface area (Å²) < 4.78 is 7.50. The van der Waals surface area contributed by atoms with Crippen molar-refractivity contribution in [2.24, 2.45) is 17.8 Å². The zero-order valence-electron chi connectivity index (χ0n) is 36.3. The van der Waals surface area contributed by atoms with E-state index in [9.17, 15) is 0 Å². The highest BCUT2D eigenvalue weighted by Crippen LogP contribution is 2.63. The molecule has 2 heteroatoms. The zero-order chi connectivity index (χ0) is 42.6. The van der Waals surface area contributed by atoms with Gasteiger partial charge in [0.25, 0.3) is 0 Å². The van der Waals surface area contributed by atoms with E-state index in [1.807, 2.05) is 0 Å². The number of para-hydroxylation sites is 1. The monoisotopic (exact) mass is 825 g/mol. The van der Waals surface area contributed by atoms with Gasteiger partial charge >= 0.3 is 0 Å². The molecule has 1 fully saturated rings. The molecule has 1 aliphatic heterocycles. The average molecular weight is 826 g/mol. The second-order valence-electron chi connectivity index (χ2n) is 18.3. The molecule has 4 unspecified atom stereocenters.